The van der Waals surface area contributed by atoms with Crippen molar-refractivity contribution in [2.75, 3.05) is 6.61 Å². The van der Waals surface area contributed by atoms with Crippen LogP contribution in [0, 0.1) is 0 Å². The molecule has 0 unspecified atom stereocenters. The van der Waals surface area contributed by atoms with Crippen molar-refractivity contribution in [3.05, 3.63) is 65.7 Å². The average Bonchev–Trinajstić information content (AvgIpc) is 3.00. The van der Waals surface area contributed by atoms with Gasteiger partial charge in [0.15, 0.2) is 6.61 Å². The minimum absolute atomic E-state index is 0.195. The lowest BCUT2D eigenvalue weighted by Gasteiger charge is -2.16. The van der Waals surface area contributed by atoms with E-state index in [4.69, 9.17) is 9.47 Å². The molecular formula is C23H27NO4. The maximum Gasteiger partial charge on any atom is 0.339 e. The predicted octanol–water partition coefficient (Wildman–Crippen LogP) is 4.26. The molecule has 1 aliphatic carbocycles. The van der Waals surface area contributed by atoms with E-state index >= 15 is 0 Å². The molecule has 28 heavy (non-hydrogen) atoms. The van der Waals surface area contributed by atoms with Crippen molar-refractivity contribution >= 4 is 11.9 Å². The van der Waals surface area contributed by atoms with E-state index in [1.54, 1.807) is 12.1 Å². The van der Waals surface area contributed by atoms with Crippen molar-refractivity contribution in [2.24, 2.45) is 0 Å². The van der Waals surface area contributed by atoms with Crippen molar-refractivity contribution in [1.29, 1.82) is 0 Å². The monoisotopic (exact) mass is 381 g/mol. The highest BCUT2D eigenvalue weighted by Gasteiger charge is 2.17. The third-order valence-corrected chi connectivity index (χ3v) is 4.93. The fourth-order valence-corrected chi connectivity index (χ4v) is 3.42. The van der Waals surface area contributed by atoms with Crippen LogP contribution in [0.25, 0.3) is 0 Å². The van der Waals surface area contributed by atoms with Gasteiger partial charge in [0.05, 0.1) is 5.56 Å². The molecule has 0 heterocycles. The summed E-state index contributed by atoms with van der Waals surface area (Å²) in [6.07, 6.45) is 6.73. The lowest BCUT2D eigenvalue weighted by Crippen LogP contribution is -2.37. The van der Waals surface area contributed by atoms with Crippen LogP contribution in [-0.4, -0.2) is 24.5 Å². The van der Waals surface area contributed by atoms with Crippen LogP contribution in [0.15, 0.2) is 54.6 Å². The van der Waals surface area contributed by atoms with Crippen LogP contribution in [0.2, 0.25) is 0 Å². The van der Waals surface area contributed by atoms with Crippen molar-refractivity contribution < 1.29 is 19.1 Å². The summed E-state index contributed by atoms with van der Waals surface area (Å²) in [5.74, 6) is -0.0185. The predicted molar refractivity (Wildman–Crippen MR) is 107 cm³/mol. The molecule has 0 aromatic heterocycles. The summed E-state index contributed by atoms with van der Waals surface area (Å²) >= 11 is 0. The molecule has 0 spiro atoms. The molecule has 1 aliphatic rings. The van der Waals surface area contributed by atoms with Crippen LogP contribution in [-0.2, 0) is 16.1 Å². The molecule has 1 N–H and O–H groups in total. The lowest BCUT2D eigenvalue weighted by atomic mass is 10.1. The molecule has 1 fully saturated rings. The molecule has 0 radical (unpaired) electrons. The van der Waals surface area contributed by atoms with E-state index in [1.165, 1.54) is 12.8 Å². The summed E-state index contributed by atoms with van der Waals surface area (Å²) in [6, 6.07) is 16.7. The molecule has 1 amide bonds. The average molecular weight is 381 g/mol. The van der Waals surface area contributed by atoms with Gasteiger partial charge in [0.2, 0.25) is 0 Å². The van der Waals surface area contributed by atoms with Gasteiger partial charge in [-0.15, -0.1) is 0 Å². The van der Waals surface area contributed by atoms with Gasteiger partial charge in [-0.2, -0.15) is 0 Å². The summed E-state index contributed by atoms with van der Waals surface area (Å²) in [7, 11) is 0. The molecule has 2 aromatic rings. The van der Waals surface area contributed by atoms with Gasteiger partial charge in [-0.25, -0.2) is 4.79 Å². The number of carbonyl (C=O) groups is 2. The van der Waals surface area contributed by atoms with Crippen molar-refractivity contribution in [1.82, 2.24) is 5.32 Å². The number of para-hydroxylation sites is 1. The third-order valence-electron chi connectivity index (χ3n) is 4.93. The van der Waals surface area contributed by atoms with Gasteiger partial charge in [0, 0.05) is 11.6 Å². The molecule has 0 aliphatic heterocycles. The Morgan fingerprint density at radius 3 is 2.32 bits per heavy atom. The second kappa shape index (κ2) is 10.5. The molecule has 148 valence electrons. The Hall–Kier alpha value is -2.82. The van der Waals surface area contributed by atoms with E-state index in [-0.39, 0.29) is 25.2 Å². The molecule has 0 bridgehead atoms. The highest BCUT2D eigenvalue weighted by molar-refractivity contribution is 5.92. The van der Waals surface area contributed by atoms with Crippen molar-refractivity contribution in [2.45, 2.75) is 51.2 Å². The summed E-state index contributed by atoms with van der Waals surface area (Å²) < 4.78 is 11.0. The van der Waals surface area contributed by atoms with Crippen LogP contribution in [0.5, 0.6) is 5.75 Å². The number of benzene rings is 2. The Bertz CT molecular complexity index is 767. The SMILES string of the molecule is O=C(COC(=O)c1ccccc1COc1ccccc1)NC1CCCCCC1. The minimum Gasteiger partial charge on any atom is -0.489 e. The Balaban J connectivity index is 1.51. The van der Waals surface area contributed by atoms with Gasteiger partial charge in [0.1, 0.15) is 12.4 Å². The number of esters is 1. The zero-order chi connectivity index (χ0) is 19.6. The van der Waals surface area contributed by atoms with Gasteiger partial charge < -0.3 is 14.8 Å². The fourth-order valence-electron chi connectivity index (χ4n) is 3.42. The van der Waals surface area contributed by atoms with E-state index in [0.29, 0.717) is 5.56 Å². The van der Waals surface area contributed by atoms with Crippen molar-refractivity contribution in [3.63, 3.8) is 0 Å². The van der Waals surface area contributed by atoms with E-state index in [1.807, 2.05) is 42.5 Å². The first-order valence-corrected chi connectivity index (χ1v) is 9.94. The maximum absolute atomic E-state index is 12.5. The van der Waals surface area contributed by atoms with E-state index < -0.39 is 5.97 Å². The second-order valence-corrected chi connectivity index (χ2v) is 7.09. The zero-order valence-electron chi connectivity index (χ0n) is 16.1. The highest BCUT2D eigenvalue weighted by Crippen LogP contribution is 2.18. The first kappa shape index (κ1) is 19.9. The number of ether oxygens (including phenoxy) is 2. The molecule has 5 nitrogen and oxygen atoms in total. The summed E-state index contributed by atoms with van der Waals surface area (Å²) in [6.45, 7) is -0.00718. The lowest BCUT2D eigenvalue weighted by molar-refractivity contribution is -0.125. The number of carbonyl (C=O) groups excluding carboxylic acids is 2. The molecule has 0 saturated heterocycles. The summed E-state index contributed by atoms with van der Waals surface area (Å²) in [4.78, 5) is 24.6. The fraction of sp³-hybridized carbons (Fsp3) is 0.391. The number of hydrogen-bond donors (Lipinski definition) is 1. The van der Waals surface area contributed by atoms with Gasteiger partial charge >= 0.3 is 5.97 Å². The summed E-state index contributed by atoms with van der Waals surface area (Å²) in [5.41, 5.74) is 1.14. The standard InChI is InChI=1S/C23H27NO4/c25-22(24-19-11-4-1-2-5-12-19)17-28-23(26)21-15-9-8-10-18(21)16-27-20-13-6-3-7-14-20/h3,6-10,13-15,19H,1-2,4-5,11-12,16-17H2,(H,24,25). The summed E-state index contributed by atoms with van der Waals surface area (Å²) in [5, 5.41) is 2.99. The Kier molecular flexibility index (Phi) is 7.47. The number of hydrogen-bond acceptors (Lipinski definition) is 4. The first-order valence-electron chi connectivity index (χ1n) is 9.94. The molecule has 0 atom stereocenters. The van der Waals surface area contributed by atoms with Crippen LogP contribution >= 0.6 is 0 Å². The van der Waals surface area contributed by atoms with Gasteiger partial charge in [-0.3, -0.25) is 4.79 Å². The third kappa shape index (κ3) is 6.12. The van der Waals surface area contributed by atoms with Crippen LogP contribution in [0.1, 0.15) is 54.4 Å². The Morgan fingerprint density at radius 2 is 1.57 bits per heavy atom. The zero-order valence-corrected chi connectivity index (χ0v) is 16.1. The maximum atomic E-state index is 12.5. The van der Waals surface area contributed by atoms with Gasteiger partial charge in [-0.05, 0) is 31.0 Å². The smallest absolute Gasteiger partial charge is 0.339 e. The van der Waals surface area contributed by atoms with E-state index in [9.17, 15) is 9.59 Å². The molecule has 2 aromatic carbocycles. The van der Waals surface area contributed by atoms with Crippen LogP contribution in [0.3, 0.4) is 0 Å². The Morgan fingerprint density at radius 1 is 0.893 bits per heavy atom. The highest BCUT2D eigenvalue weighted by atomic mass is 16.5. The number of amides is 1. The second-order valence-electron chi connectivity index (χ2n) is 7.09. The molecule has 5 heteroatoms. The quantitative estimate of drug-likeness (QED) is 0.575. The number of rotatable bonds is 7. The van der Waals surface area contributed by atoms with Crippen molar-refractivity contribution in [3.8, 4) is 5.75 Å². The number of nitrogens with one attached hydrogen (secondary N) is 1. The van der Waals surface area contributed by atoms with Crippen LogP contribution < -0.4 is 10.1 Å². The van der Waals surface area contributed by atoms with E-state index in [2.05, 4.69) is 5.32 Å². The normalized spacial score (nSPS) is 14.7. The topological polar surface area (TPSA) is 64.6 Å². The minimum atomic E-state index is -0.511. The first-order chi connectivity index (χ1) is 13.7. The van der Waals surface area contributed by atoms with Crippen LogP contribution in [0.4, 0.5) is 0 Å². The van der Waals surface area contributed by atoms with Gasteiger partial charge in [0.25, 0.3) is 5.91 Å². The molecule has 3 rings (SSSR count). The molecular weight excluding hydrogens is 354 g/mol. The molecule has 1 saturated carbocycles. The van der Waals surface area contributed by atoms with Gasteiger partial charge in [-0.1, -0.05) is 62.1 Å². The Labute approximate surface area is 166 Å². The largest absolute Gasteiger partial charge is 0.489 e. The van der Waals surface area contributed by atoms with E-state index in [0.717, 1.165) is 37.0 Å².